The first-order chi connectivity index (χ1) is 11.6. The van der Waals surface area contributed by atoms with Crippen LogP contribution in [0.1, 0.15) is 16.2 Å². The van der Waals surface area contributed by atoms with Gasteiger partial charge in [0.1, 0.15) is 17.2 Å². The second-order valence-corrected chi connectivity index (χ2v) is 5.07. The zero-order valence-electron chi connectivity index (χ0n) is 12.0. The van der Waals surface area contributed by atoms with Crippen molar-refractivity contribution < 1.29 is 22.8 Å². The van der Waals surface area contributed by atoms with Gasteiger partial charge in [-0.05, 0) is 24.3 Å². The Morgan fingerprint density at radius 2 is 1.83 bits per heavy atom. The van der Waals surface area contributed by atoms with Gasteiger partial charge in [0, 0.05) is 5.56 Å². The molecule has 0 fully saturated rings. The van der Waals surface area contributed by atoms with Crippen LogP contribution in [0.2, 0.25) is 5.02 Å². The number of esters is 1. The molecule has 5 nitrogen and oxygen atoms in total. The Kier molecular flexibility index (Phi) is 4.52. The highest BCUT2D eigenvalue weighted by Crippen LogP contribution is 2.25. The minimum atomic E-state index is -1.16. The molecule has 0 atom stereocenters. The summed E-state index contributed by atoms with van der Waals surface area (Å²) in [7, 11) is 0. The van der Waals surface area contributed by atoms with Gasteiger partial charge in [0.15, 0.2) is 6.61 Å². The number of halogens is 3. The molecule has 0 saturated heterocycles. The molecular formula is C16H9ClF2N2O3. The topological polar surface area (TPSA) is 65.2 Å². The van der Waals surface area contributed by atoms with E-state index in [0.717, 1.165) is 18.2 Å². The van der Waals surface area contributed by atoms with Crippen molar-refractivity contribution in [3.05, 3.63) is 70.6 Å². The van der Waals surface area contributed by atoms with Gasteiger partial charge in [-0.2, -0.15) is 4.98 Å². The van der Waals surface area contributed by atoms with Crippen LogP contribution in [-0.2, 0) is 11.3 Å². The lowest BCUT2D eigenvalue weighted by molar-refractivity contribution is 0.0418. The third-order valence-corrected chi connectivity index (χ3v) is 3.41. The number of carbonyl (C=O) groups is 1. The van der Waals surface area contributed by atoms with Crippen LogP contribution in [0, 0.1) is 11.6 Å². The zero-order valence-corrected chi connectivity index (χ0v) is 12.8. The SMILES string of the molecule is O=C(OCc1nc(-c2ccccc2Cl)no1)c1c(F)cccc1F. The number of rotatable bonds is 4. The molecule has 24 heavy (non-hydrogen) atoms. The van der Waals surface area contributed by atoms with Crippen LogP contribution < -0.4 is 0 Å². The Labute approximate surface area is 139 Å². The Bertz CT molecular complexity index is 878. The van der Waals surface area contributed by atoms with E-state index in [1.807, 2.05) is 0 Å². The van der Waals surface area contributed by atoms with Crippen LogP contribution in [0.25, 0.3) is 11.4 Å². The van der Waals surface area contributed by atoms with Gasteiger partial charge in [0.05, 0.1) is 5.02 Å². The molecule has 0 aliphatic rings. The number of hydrogen-bond acceptors (Lipinski definition) is 5. The van der Waals surface area contributed by atoms with Crippen molar-refractivity contribution >= 4 is 17.6 Å². The molecule has 1 heterocycles. The van der Waals surface area contributed by atoms with Gasteiger partial charge in [-0.3, -0.25) is 0 Å². The number of benzene rings is 2. The lowest BCUT2D eigenvalue weighted by atomic mass is 10.2. The maximum atomic E-state index is 13.5. The number of carbonyl (C=O) groups excluding carboxylic acids is 1. The van der Waals surface area contributed by atoms with Crippen LogP contribution in [0.5, 0.6) is 0 Å². The molecule has 0 amide bonds. The molecule has 2 aromatic carbocycles. The number of nitrogens with zero attached hydrogens (tertiary/aromatic N) is 2. The minimum absolute atomic E-state index is 0.0324. The maximum absolute atomic E-state index is 13.5. The normalized spacial score (nSPS) is 10.6. The third-order valence-electron chi connectivity index (χ3n) is 3.08. The predicted octanol–water partition coefficient (Wildman–Crippen LogP) is 4.03. The van der Waals surface area contributed by atoms with E-state index in [2.05, 4.69) is 10.1 Å². The van der Waals surface area contributed by atoms with Gasteiger partial charge in [-0.1, -0.05) is 35.0 Å². The highest BCUT2D eigenvalue weighted by atomic mass is 35.5. The molecule has 3 aromatic rings. The maximum Gasteiger partial charge on any atom is 0.344 e. The fourth-order valence-corrected chi connectivity index (χ4v) is 2.18. The summed E-state index contributed by atoms with van der Waals surface area (Å²) in [6.07, 6.45) is 0. The molecule has 0 saturated carbocycles. The van der Waals surface area contributed by atoms with Crippen molar-refractivity contribution in [2.75, 3.05) is 0 Å². The average Bonchev–Trinajstić information content (AvgIpc) is 3.02. The molecule has 0 aliphatic heterocycles. The lowest BCUT2D eigenvalue weighted by Crippen LogP contribution is -2.10. The van der Waals surface area contributed by atoms with E-state index in [1.54, 1.807) is 24.3 Å². The number of hydrogen-bond donors (Lipinski definition) is 0. The van der Waals surface area contributed by atoms with Crippen molar-refractivity contribution in [3.8, 4) is 11.4 Å². The Balaban J connectivity index is 1.72. The fraction of sp³-hybridized carbons (Fsp3) is 0.0625. The van der Waals surface area contributed by atoms with Crippen LogP contribution in [0.15, 0.2) is 47.0 Å². The van der Waals surface area contributed by atoms with Crippen LogP contribution >= 0.6 is 11.6 Å². The summed E-state index contributed by atoms with van der Waals surface area (Å²) in [6, 6.07) is 9.92. The van der Waals surface area contributed by atoms with Gasteiger partial charge in [-0.15, -0.1) is 0 Å². The Morgan fingerprint density at radius 1 is 1.12 bits per heavy atom. The first-order valence-electron chi connectivity index (χ1n) is 6.75. The monoisotopic (exact) mass is 350 g/mol. The summed E-state index contributed by atoms with van der Waals surface area (Å²) in [5, 5.41) is 4.15. The standard InChI is InChI=1S/C16H9ClF2N2O3/c17-10-5-2-1-4-9(10)15-20-13(24-21-15)8-23-16(22)14-11(18)6-3-7-12(14)19/h1-7H,8H2. The van der Waals surface area contributed by atoms with Crippen LogP contribution in [0.3, 0.4) is 0 Å². The molecule has 0 N–H and O–H groups in total. The zero-order chi connectivity index (χ0) is 17.1. The van der Waals surface area contributed by atoms with E-state index in [4.69, 9.17) is 20.9 Å². The smallest absolute Gasteiger partial charge is 0.344 e. The summed E-state index contributed by atoms with van der Waals surface area (Å²) >= 11 is 6.02. The second kappa shape index (κ2) is 6.76. The van der Waals surface area contributed by atoms with Gasteiger partial charge < -0.3 is 9.26 Å². The average molecular weight is 351 g/mol. The molecule has 0 bridgehead atoms. The molecule has 0 spiro atoms. The van der Waals surface area contributed by atoms with E-state index in [1.165, 1.54) is 0 Å². The third kappa shape index (κ3) is 3.26. The van der Waals surface area contributed by atoms with E-state index in [9.17, 15) is 13.6 Å². The summed E-state index contributed by atoms with van der Waals surface area (Å²) in [4.78, 5) is 15.8. The fourth-order valence-electron chi connectivity index (χ4n) is 1.96. The van der Waals surface area contributed by atoms with Crippen molar-refractivity contribution in [2.24, 2.45) is 0 Å². The summed E-state index contributed by atoms with van der Waals surface area (Å²) in [5.74, 6) is -3.01. The van der Waals surface area contributed by atoms with Crippen molar-refractivity contribution in [1.29, 1.82) is 0 Å². The van der Waals surface area contributed by atoms with Gasteiger partial charge in [0.25, 0.3) is 5.89 Å². The summed E-state index contributed by atoms with van der Waals surface area (Å²) in [5.41, 5.74) is -0.232. The van der Waals surface area contributed by atoms with Gasteiger partial charge in [0.2, 0.25) is 5.82 Å². The summed E-state index contributed by atoms with van der Waals surface area (Å²) in [6.45, 7) is -0.427. The summed E-state index contributed by atoms with van der Waals surface area (Å²) < 4.78 is 36.7. The highest BCUT2D eigenvalue weighted by Gasteiger charge is 2.20. The first-order valence-corrected chi connectivity index (χ1v) is 7.12. The molecule has 3 rings (SSSR count). The Hall–Kier alpha value is -2.80. The molecule has 0 aliphatic carbocycles. The van der Waals surface area contributed by atoms with Crippen LogP contribution in [-0.4, -0.2) is 16.1 Å². The van der Waals surface area contributed by atoms with E-state index in [-0.39, 0.29) is 11.7 Å². The van der Waals surface area contributed by atoms with Gasteiger partial charge >= 0.3 is 5.97 Å². The van der Waals surface area contributed by atoms with Gasteiger partial charge in [-0.25, -0.2) is 13.6 Å². The number of aromatic nitrogens is 2. The molecular weight excluding hydrogens is 342 g/mol. The molecule has 1 aromatic heterocycles. The lowest BCUT2D eigenvalue weighted by Gasteiger charge is -2.04. The van der Waals surface area contributed by atoms with E-state index >= 15 is 0 Å². The largest absolute Gasteiger partial charge is 0.452 e. The quantitative estimate of drug-likeness (QED) is 0.665. The first kappa shape index (κ1) is 16.1. The van der Waals surface area contributed by atoms with E-state index in [0.29, 0.717) is 10.6 Å². The molecule has 8 heteroatoms. The molecule has 0 radical (unpaired) electrons. The van der Waals surface area contributed by atoms with Crippen molar-refractivity contribution in [3.63, 3.8) is 0 Å². The Morgan fingerprint density at radius 3 is 2.54 bits per heavy atom. The molecule has 0 unspecified atom stereocenters. The minimum Gasteiger partial charge on any atom is -0.452 e. The van der Waals surface area contributed by atoms with Crippen LogP contribution in [0.4, 0.5) is 8.78 Å². The highest BCUT2D eigenvalue weighted by molar-refractivity contribution is 6.33. The van der Waals surface area contributed by atoms with Crippen molar-refractivity contribution in [1.82, 2.24) is 10.1 Å². The van der Waals surface area contributed by atoms with E-state index < -0.39 is 29.8 Å². The second-order valence-electron chi connectivity index (χ2n) is 4.66. The predicted molar refractivity (Wildman–Crippen MR) is 80.2 cm³/mol. The van der Waals surface area contributed by atoms with Crippen molar-refractivity contribution in [2.45, 2.75) is 6.61 Å². The molecule has 122 valence electrons. The number of ether oxygens (including phenoxy) is 1.